The number of aryl methyl sites for hydroxylation is 1. The third kappa shape index (κ3) is 2.57. The molecule has 2 aliphatic heterocycles. The Bertz CT molecular complexity index is 1320. The van der Waals surface area contributed by atoms with Gasteiger partial charge in [-0.15, -0.1) is 0 Å². The van der Waals surface area contributed by atoms with Crippen LogP contribution in [0.1, 0.15) is 31.0 Å². The summed E-state index contributed by atoms with van der Waals surface area (Å²) in [5, 5.41) is 4.25. The number of amides is 1. The first-order chi connectivity index (χ1) is 13.9. The van der Waals surface area contributed by atoms with Gasteiger partial charge < -0.3 is 10.5 Å². The zero-order valence-corrected chi connectivity index (χ0v) is 16.7. The largest absolute Gasteiger partial charge is 0.465 e. The Hall–Kier alpha value is -3.20. The molecule has 0 fully saturated rings. The topological polar surface area (TPSA) is 104 Å². The molecule has 2 aliphatic rings. The van der Waals surface area contributed by atoms with E-state index in [1.807, 2.05) is 37.4 Å². The number of nitrogens with two attached hydrogens (primary N) is 1. The third-order valence-corrected chi connectivity index (χ3v) is 6.44. The van der Waals surface area contributed by atoms with Gasteiger partial charge in [0.05, 0.1) is 16.8 Å². The fourth-order valence-electron chi connectivity index (χ4n) is 4.15. The molecule has 2 bridgehead atoms. The molecule has 4 heterocycles. The van der Waals surface area contributed by atoms with Gasteiger partial charge in [-0.1, -0.05) is 29.5 Å². The Balaban J connectivity index is 1.78. The average Bonchev–Trinajstić information content (AvgIpc) is 3.25. The Labute approximate surface area is 169 Å². The molecule has 3 atom stereocenters. The Morgan fingerprint density at radius 3 is 2.93 bits per heavy atom. The molecular weight excluding hydrogens is 390 g/mol. The number of carbonyl (C=O) groups excluding carboxylic acids is 1. The first-order valence-electron chi connectivity index (χ1n) is 9.34. The lowest BCUT2D eigenvalue weighted by Crippen LogP contribution is -2.59. The number of rotatable bonds is 3. The standard InChI is InChI=1S/C20H19N5O3S/c1-3-24-10-11(9-22-24)8-14-18(27)25-16-12-6-4-5-7-13(12)28-20(2,15(16)17(21)26)23-19(25)29-14/h4-10,15-16H,3H2,1-2H3,(H2,21,26)/b14-8-/t15-,16+,20+/m1/s1. The summed E-state index contributed by atoms with van der Waals surface area (Å²) < 4.78 is 10.0. The molecule has 29 heavy (non-hydrogen) atoms. The first kappa shape index (κ1) is 17.9. The maximum Gasteiger partial charge on any atom is 0.270 e. The van der Waals surface area contributed by atoms with Crippen LogP contribution in [0, 0.1) is 5.92 Å². The van der Waals surface area contributed by atoms with Gasteiger partial charge >= 0.3 is 0 Å². The zero-order chi connectivity index (χ0) is 20.3. The molecule has 0 spiro atoms. The molecule has 0 unspecified atom stereocenters. The summed E-state index contributed by atoms with van der Waals surface area (Å²) in [5.74, 6) is -0.720. The normalized spacial score (nSPS) is 25.0. The molecule has 0 aliphatic carbocycles. The second-order valence-corrected chi connectivity index (χ2v) is 8.34. The van der Waals surface area contributed by atoms with Crippen LogP contribution in [0.5, 0.6) is 5.75 Å². The highest BCUT2D eigenvalue weighted by Gasteiger charge is 2.54. The summed E-state index contributed by atoms with van der Waals surface area (Å²) in [7, 11) is 0. The molecule has 0 saturated carbocycles. The summed E-state index contributed by atoms with van der Waals surface area (Å²) in [6.45, 7) is 4.49. The highest BCUT2D eigenvalue weighted by molar-refractivity contribution is 7.07. The van der Waals surface area contributed by atoms with Crippen LogP contribution in [-0.4, -0.2) is 26.0 Å². The second-order valence-electron chi connectivity index (χ2n) is 7.33. The molecule has 0 saturated heterocycles. The van der Waals surface area contributed by atoms with Crippen molar-refractivity contribution in [1.29, 1.82) is 0 Å². The van der Waals surface area contributed by atoms with E-state index in [4.69, 9.17) is 10.5 Å². The monoisotopic (exact) mass is 409 g/mol. The SMILES string of the molecule is CCn1cc(/C=c2\sc3n(c2=O)[C@H]2c4ccccc4O[C@](C)(N=3)[C@H]2C(N)=O)cn1. The van der Waals surface area contributed by atoms with Crippen LogP contribution in [0.4, 0.5) is 0 Å². The number of aromatic nitrogens is 3. The molecular formula is C20H19N5O3S. The van der Waals surface area contributed by atoms with Crippen molar-refractivity contribution in [2.45, 2.75) is 32.2 Å². The van der Waals surface area contributed by atoms with Crippen molar-refractivity contribution < 1.29 is 9.53 Å². The van der Waals surface area contributed by atoms with Gasteiger partial charge in [0.25, 0.3) is 5.56 Å². The lowest BCUT2D eigenvalue weighted by atomic mass is 9.81. The van der Waals surface area contributed by atoms with Crippen molar-refractivity contribution in [3.8, 4) is 5.75 Å². The number of ether oxygens (including phenoxy) is 1. The average molecular weight is 409 g/mol. The molecule has 9 heteroatoms. The third-order valence-electron chi connectivity index (χ3n) is 5.46. The molecule has 0 radical (unpaired) electrons. The summed E-state index contributed by atoms with van der Waals surface area (Å²) >= 11 is 1.28. The van der Waals surface area contributed by atoms with Gasteiger partial charge in [-0.05, 0) is 26.0 Å². The van der Waals surface area contributed by atoms with E-state index in [1.165, 1.54) is 11.3 Å². The minimum Gasteiger partial charge on any atom is -0.465 e. The predicted octanol–water partition coefficient (Wildman–Crippen LogP) is 0.388. The van der Waals surface area contributed by atoms with Gasteiger partial charge in [0.1, 0.15) is 11.7 Å². The van der Waals surface area contributed by atoms with E-state index in [2.05, 4.69) is 10.1 Å². The maximum absolute atomic E-state index is 13.3. The van der Waals surface area contributed by atoms with Gasteiger partial charge in [-0.25, -0.2) is 4.99 Å². The van der Waals surface area contributed by atoms with Crippen molar-refractivity contribution in [1.82, 2.24) is 14.3 Å². The molecule has 2 aromatic heterocycles. The number of para-hydroxylation sites is 1. The fraction of sp³-hybridized carbons (Fsp3) is 0.300. The molecule has 3 aromatic rings. The predicted molar refractivity (Wildman–Crippen MR) is 107 cm³/mol. The Morgan fingerprint density at radius 1 is 1.41 bits per heavy atom. The fourth-order valence-corrected chi connectivity index (χ4v) is 5.25. The van der Waals surface area contributed by atoms with Gasteiger partial charge in [-0.3, -0.25) is 18.8 Å². The van der Waals surface area contributed by atoms with Gasteiger partial charge in [0.15, 0.2) is 4.80 Å². The number of primary amides is 1. The van der Waals surface area contributed by atoms with E-state index in [0.29, 0.717) is 15.1 Å². The lowest BCUT2D eigenvalue weighted by Gasteiger charge is -2.44. The van der Waals surface area contributed by atoms with E-state index in [1.54, 1.807) is 28.4 Å². The second kappa shape index (κ2) is 6.15. The van der Waals surface area contributed by atoms with E-state index < -0.39 is 23.6 Å². The number of hydrogen-bond donors (Lipinski definition) is 1. The molecule has 5 rings (SSSR count). The quantitative estimate of drug-likeness (QED) is 0.676. The van der Waals surface area contributed by atoms with Gasteiger partial charge in [0, 0.05) is 23.9 Å². The van der Waals surface area contributed by atoms with Crippen LogP contribution in [0.2, 0.25) is 0 Å². The summed E-state index contributed by atoms with van der Waals surface area (Å²) in [5.41, 5.74) is 5.98. The van der Waals surface area contributed by atoms with Gasteiger partial charge in [-0.2, -0.15) is 5.10 Å². The first-order valence-corrected chi connectivity index (χ1v) is 10.2. The van der Waals surface area contributed by atoms with Crippen molar-refractivity contribution in [2.24, 2.45) is 16.6 Å². The number of fused-ring (bicyclic) bond motifs is 6. The van der Waals surface area contributed by atoms with Crippen LogP contribution in [0.15, 0.2) is 46.4 Å². The molecule has 1 aromatic carbocycles. The minimum atomic E-state index is -1.16. The van der Waals surface area contributed by atoms with Crippen LogP contribution < -0.4 is 25.4 Å². The summed E-state index contributed by atoms with van der Waals surface area (Å²) in [6.07, 6.45) is 5.39. The van der Waals surface area contributed by atoms with Crippen LogP contribution >= 0.6 is 11.3 Å². The van der Waals surface area contributed by atoms with Crippen molar-refractivity contribution in [3.63, 3.8) is 0 Å². The van der Waals surface area contributed by atoms with Crippen molar-refractivity contribution >= 4 is 23.3 Å². The maximum atomic E-state index is 13.3. The van der Waals surface area contributed by atoms with Crippen LogP contribution in [0.3, 0.4) is 0 Å². The molecule has 2 N–H and O–H groups in total. The van der Waals surface area contributed by atoms with Crippen LogP contribution in [0.25, 0.3) is 6.08 Å². The van der Waals surface area contributed by atoms with Crippen molar-refractivity contribution in [2.75, 3.05) is 0 Å². The molecule has 1 amide bonds. The Morgan fingerprint density at radius 2 is 2.21 bits per heavy atom. The van der Waals surface area contributed by atoms with E-state index in [-0.39, 0.29) is 5.56 Å². The van der Waals surface area contributed by atoms with Crippen LogP contribution in [-0.2, 0) is 11.3 Å². The number of carbonyl (C=O) groups is 1. The molecule has 148 valence electrons. The minimum absolute atomic E-state index is 0.201. The number of thiazole rings is 1. The van der Waals surface area contributed by atoms with Gasteiger partial charge in [0.2, 0.25) is 11.6 Å². The van der Waals surface area contributed by atoms with E-state index in [0.717, 1.165) is 17.7 Å². The summed E-state index contributed by atoms with van der Waals surface area (Å²) in [4.78, 5) is 30.9. The number of benzene rings is 1. The van der Waals surface area contributed by atoms with E-state index >= 15 is 0 Å². The number of hydrogen-bond acceptors (Lipinski definition) is 6. The van der Waals surface area contributed by atoms with E-state index in [9.17, 15) is 9.59 Å². The highest BCUT2D eigenvalue weighted by Crippen LogP contribution is 2.46. The highest BCUT2D eigenvalue weighted by atomic mass is 32.1. The Kier molecular flexibility index (Phi) is 3.79. The molecule has 8 nitrogen and oxygen atoms in total. The smallest absolute Gasteiger partial charge is 0.270 e. The lowest BCUT2D eigenvalue weighted by molar-refractivity contribution is -0.133. The zero-order valence-electron chi connectivity index (χ0n) is 15.9. The summed E-state index contributed by atoms with van der Waals surface area (Å²) in [6, 6.07) is 6.84. The number of nitrogens with zero attached hydrogens (tertiary/aromatic N) is 4. The van der Waals surface area contributed by atoms with Crippen molar-refractivity contribution in [3.05, 3.63) is 67.5 Å².